The van der Waals surface area contributed by atoms with Crippen molar-refractivity contribution in [3.63, 3.8) is 0 Å². The summed E-state index contributed by atoms with van der Waals surface area (Å²) in [6, 6.07) is 0.618. The number of nitrogens with zero attached hydrogens (tertiary/aromatic N) is 2. The number of fused-ring (bicyclic) bond motifs is 1. The van der Waals surface area contributed by atoms with Gasteiger partial charge in [-0.15, -0.1) is 11.6 Å². The molecule has 1 aromatic rings. The van der Waals surface area contributed by atoms with Gasteiger partial charge in [-0.05, 0) is 37.7 Å². The molecule has 2 aliphatic rings. The number of nitrogens with one attached hydrogen (secondary N) is 1. The number of amides is 1. The van der Waals surface area contributed by atoms with Crippen LogP contribution in [0.15, 0.2) is 6.20 Å². The molecule has 0 saturated heterocycles. The second kappa shape index (κ2) is 5.53. The second-order valence-electron chi connectivity index (χ2n) is 5.60. The summed E-state index contributed by atoms with van der Waals surface area (Å²) >= 11 is 5.57. The van der Waals surface area contributed by atoms with E-state index in [-0.39, 0.29) is 17.8 Å². The maximum Gasteiger partial charge on any atom is 0.235 e. The molecule has 1 unspecified atom stereocenters. The lowest BCUT2D eigenvalue weighted by molar-refractivity contribution is -0.119. The molecule has 1 fully saturated rings. The molecule has 1 aromatic heterocycles. The van der Waals surface area contributed by atoms with E-state index in [9.17, 15) is 4.79 Å². The fourth-order valence-corrected chi connectivity index (χ4v) is 3.37. The normalized spacial score (nSPS) is 23.3. The van der Waals surface area contributed by atoms with E-state index in [4.69, 9.17) is 16.7 Å². The molecule has 5 heteroatoms. The predicted octanol–water partition coefficient (Wildman–Crippen LogP) is 2.73. The van der Waals surface area contributed by atoms with Gasteiger partial charge in [-0.3, -0.25) is 9.48 Å². The largest absolute Gasteiger partial charge is 0.347 e. The van der Waals surface area contributed by atoms with Gasteiger partial charge in [-0.2, -0.15) is 5.10 Å². The first-order valence-electron chi connectivity index (χ1n) is 7.21. The topological polar surface area (TPSA) is 46.9 Å². The number of carbonyl (C=O) groups excluding carboxylic acids is 1. The average molecular weight is 282 g/mol. The highest BCUT2D eigenvalue weighted by Crippen LogP contribution is 2.33. The molecule has 1 atom stereocenters. The van der Waals surface area contributed by atoms with Gasteiger partial charge in [0.15, 0.2) is 0 Å². The minimum absolute atomic E-state index is 0.0230. The van der Waals surface area contributed by atoms with Crippen LogP contribution >= 0.6 is 11.6 Å². The van der Waals surface area contributed by atoms with Crippen molar-refractivity contribution in [1.82, 2.24) is 15.1 Å². The van der Waals surface area contributed by atoms with E-state index in [0.29, 0.717) is 6.04 Å². The first-order valence-corrected chi connectivity index (χ1v) is 7.74. The van der Waals surface area contributed by atoms with Crippen LogP contribution in [-0.4, -0.2) is 21.6 Å². The molecule has 19 heavy (non-hydrogen) atoms. The van der Waals surface area contributed by atoms with Gasteiger partial charge in [0.25, 0.3) is 0 Å². The third-order valence-electron chi connectivity index (χ3n) is 4.26. The molecule has 4 nitrogen and oxygen atoms in total. The van der Waals surface area contributed by atoms with Gasteiger partial charge in [0.1, 0.15) is 5.88 Å². The SMILES string of the molecule is O=C(CCl)NC1CCCc2cn(C3CCCC3)nc21. The van der Waals surface area contributed by atoms with E-state index in [2.05, 4.69) is 16.2 Å². The third-order valence-corrected chi connectivity index (χ3v) is 4.51. The van der Waals surface area contributed by atoms with Crippen LogP contribution in [0.1, 0.15) is 61.9 Å². The van der Waals surface area contributed by atoms with E-state index in [1.807, 2.05) is 0 Å². The maximum atomic E-state index is 11.5. The molecule has 0 spiro atoms. The Kier molecular flexibility index (Phi) is 3.78. The number of hydrogen-bond acceptors (Lipinski definition) is 2. The zero-order valence-corrected chi connectivity index (χ0v) is 11.8. The lowest BCUT2D eigenvalue weighted by atomic mass is 9.94. The fourth-order valence-electron chi connectivity index (χ4n) is 3.29. The molecule has 1 N–H and O–H groups in total. The number of halogens is 1. The summed E-state index contributed by atoms with van der Waals surface area (Å²) in [7, 11) is 0. The van der Waals surface area contributed by atoms with Gasteiger partial charge in [0.2, 0.25) is 5.91 Å². The Morgan fingerprint density at radius 1 is 1.37 bits per heavy atom. The molecule has 0 aliphatic heterocycles. The quantitative estimate of drug-likeness (QED) is 0.866. The zero-order valence-electron chi connectivity index (χ0n) is 11.1. The average Bonchev–Trinajstić information content (AvgIpc) is 3.07. The third kappa shape index (κ3) is 2.64. The Bertz CT molecular complexity index is 465. The summed E-state index contributed by atoms with van der Waals surface area (Å²) in [5.74, 6) is -0.0789. The Morgan fingerprint density at radius 3 is 2.89 bits per heavy atom. The van der Waals surface area contributed by atoms with Crippen molar-refractivity contribution in [3.05, 3.63) is 17.5 Å². The van der Waals surface area contributed by atoms with Crippen LogP contribution in [0.3, 0.4) is 0 Å². The van der Waals surface area contributed by atoms with Crippen molar-refractivity contribution in [1.29, 1.82) is 0 Å². The molecule has 0 radical (unpaired) electrons. The number of alkyl halides is 1. The highest BCUT2D eigenvalue weighted by atomic mass is 35.5. The standard InChI is InChI=1S/C14H20ClN3O/c15-8-13(19)16-12-7-3-4-10-9-18(17-14(10)12)11-5-1-2-6-11/h9,11-12H,1-8H2,(H,16,19). The first kappa shape index (κ1) is 13.0. The number of carbonyl (C=O) groups is 1. The minimum atomic E-state index is -0.102. The van der Waals surface area contributed by atoms with Gasteiger partial charge in [-0.25, -0.2) is 0 Å². The Labute approximate surface area is 118 Å². The fraction of sp³-hybridized carbons (Fsp3) is 0.714. The van der Waals surface area contributed by atoms with Crippen molar-refractivity contribution in [2.45, 2.75) is 57.0 Å². The molecule has 1 saturated carbocycles. The molecule has 1 amide bonds. The Hall–Kier alpha value is -1.03. The molecule has 104 valence electrons. The number of rotatable bonds is 3. The summed E-state index contributed by atoms with van der Waals surface area (Å²) in [6.07, 6.45) is 10.4. The van der Waals surface area contributed by atoms with E-state index in [1.165, 1.54) is 31.2 Å². The smallest absolute Gasteiger partial charge is 0.235 e. The molecule has 2 aliphatic carbocycles. The molecule has 3 rings (SSSR count). The Morgan fingerprint density at radius 2 is 2.16 bits per heavy atom. The van der Waals surface area contributed by atoms with E-state index in [1.54, 1.807) is 0 Å². The first-order chi connectivity index (χ1) is 9.28. The molecular formula is C14H20ClN3O. The summed E-state index contributed by atoms with van der Waals surface area (Å²) in [5.41, 5.74) is 2.37. The van der Waals surface area contributed by atoms with Crippen molar-refractivity contribution in [2.75, 3.05) is 5.88 Å². The van der Waals surface area contributed by atoms with Gasteiger partial charge >= 0.3 is 0 Å². The van der Waals surface area contributed by atoms with Crippen molar-refractivity contribution in [3.8, 4) is 0 Å². The van der Waals surface area contributed by atoms with Gasteiger partial charge < -0.3 is 5.32 Å². The summed E-state index contributed by atoms with van der Waals surface area (Å²) in [5, 5.41) is 7.74. The lowest BCUT2D eigenvalue weighted by Crippen LogP contribution is -2.31. The minimum Gasteiger partial charge on any atom is -0.347 e. The highest BCUT2D eigenvalue weighted by molar-refractivity contribution is 6.27. The predicted molar refractivity (Wildman–Crippen MR) is 74.3 cm³/mol. The molecule has 0 bridgehead atoms. The van der Waals surface area contributed by atoms with Gasteiger partial charge in [0.05, 0.1) is 17.8 Å². The van der Waals surface area contributed by atoms with Gasteiger partial charge in [-0.1, -0.05) is 12.8 Å². The van der Waals surface area contributed by atoms with E-state index < -0.39 is 0 Å². The van der Waals surface area contributed by atoms with E-state index >= 15 is 0 Å². The Balaban J connectivity index is 1.81. The van der Waals surface area contributed by atoms with Crippen LogP contribution in [-0.2, 0) is 11.2 Å². The summed E-state index contributed by atoms with van der Waals surface area (Å²) in [6.45, 7) is 0. The zero-order chi connectivity index (χ0) is 13.2. The van der Waals surface area contributed by atoms with Crippen LogP contribution in [0.4, 0.5) is 0 Å². The van der Waals surface area contributed by atoms with Crippen LogP contribution in [0.2, 0.25) is 0 Å². The number of hydrogen-bond donors (Lipinski definition) is 1. The molecule has 0 aromatic carbocycles. The summed E-state index contributed by atoms with van der Waals surface area (Å²) in [4.78, 5) is 11.5. The molecule has 1 heterocycles. The molecular weight excluding hydrogens is 262 g/mol. The van der Waals surface area contributed by atoms with Crippen LogP contribution in [0, 0.1) is 0 Å². The number of aromatic nitrogens is 2. The van der Waals surface area contributed by atoms with E-state index in [0.717, 1.165) is 25.0 Å². The van der Waals surface area contributed by atoms with Crippen LogP contribution in [0.25, 0.3) is 0 Å². The van der Waals surface area contributed by atoms with Crippen molar-refractivity contribution < 1.29 is 4.79 Å². The second-order valence-corrected chi connectivity index (χ2v) is 5.87. The van der Waals surface area contributed by atoms with Crippen molar-refractivity contribution in [2.24, 2.45) is 0 Å². The summed E-state index contributed by atoms with van der Waals surface area (Å²) < 4.78 is 2.14. The number of aryl methyl sites for hydroxylation is 1. The van der Waals surface area contributed by atoms with Gasteiger partial charge in [0, 0.05) is 6.20 Å². The lowest BCUT2D eigenvalue weighted by Gasteiger charge is -2.21. The maximum absolute atomic E-state index is 11.5. The highest BCUT2D eigenvalue weighted by Gasteiger charge is 2.27. The van der Waals surface area contributed by atoms with Crippen LogP contribution in [0.5, 0.6) is 0 Å². The monoisotopic (exact) mass is 281 g/mol. The van der Waals surface area contributed by atoms with Crippen molar-refractivity contribution >= 4 is 17.5 Å². The van der Waals surface area contributed by atoms with Crippen LogP contribution < -0.4 is 5.32 Å².